The lowest BCUT2D eigenvalue weighted by Gasteiger charge is -2.01. The predicted octanol–water partition coefficient (Wildman–Crippen LogP) is 0.819. The second-order valence-electron chi connectivity index (χ2n) is 4.16. The fraction of sp³-hybridized carbons (Fsp3) is 0. The van der Waals surface area contributed by atoms with Crippen LogP contribution in [0.4, 0.5) is 0 Å². The molecule has 0 radical (unpaired) electrons. The Balaban J connectivity index is 1.97. The Morgan fingerprint density at radius 3 is 2.76 bits per heavy atom. The molecule has 0 saturated carbocycles. The number of aromatic nitrogens is 5. The number of amidine groups is 1. The average molecular weight is 281 g/mol. The normalized spacial score (nSPS) is 11.5. The molecule has 0 fully saturated rings. The first-order valence-electron chi connectivity index (χ1n) is 6.07. The predicted molar refractivity (Wildman–Crippen MR) is 74.9 cm³/mol. The number of nitrogens with zero attached hydrogens (tertiary/aromatic N) is 6. The van der Waals surface area contributed by atoms with E-state index in [0.717, 1.165) is 5.56 Å². The van der Waals surface area contributed by atoms with Gasteiger partial charge in [0.15, 0.2) is 11.7 Å². The minimum Gasteiger partial charge on any atom is -0.409 e. The van der Waals surface area contributed by atoms with Crippen molar-refractivity contribution in [3.8, 4) is 17.2 Å². The lowest BCUT2D eigenvalue weighted by atomic mass is 10.2. The summed E-state index contributed by atoms with van der Waals surface area (Å²) in [5.74, 6) is 0.905. The van der Waals surface area contributed by atoms with E-state index in [1.807, 2.05) is 30.3 Å². The van der Waals surface area contributed by atoms with E-state index in [-0.39, 0.29) is 5.84 Å². The quantitative estimate of drug-likeness (QED) is 0.318. The number of tetrazole rings is 1. The van der Waals surface area contributed by atoms with Gasteiger partial charge in [0.25, 0.3) is 0 Å². The van der Waals surface area contributed by atoms with Crippen molar-refractivity contribution < 1.29 is 5.21 Å². The molecule has 0 saturated heterocycles. The highest BCUT2D eigenvalue weighted by atomic mass is 16.4. The summed E-state index contributed by atoms with van der Waals surface area (Å²) in [6.45, 7) is 0. The van der Waals surface area contributed by atoms with Gasteiger partial charge in [-0.05, 0) is 17.3 Å². The molecule has 21 heavy (non-hydrogen) atoms. The third-order valence-corrected chi connectivity index (χ3v) is 2.80. The van der Waals surface area contributed by atoms with Crippen LogP contribution in [0.1, 0.15) is 5.56 Å². The number of nitrogens with two attached hydrogens (primary N) is 1. The molecule has 0 atom stereocenters. The molecule has 0 aliphatic heterocycles. The molecule has 8 nitrogen and oxygen atoms in total. The number of hydrogen-bond acceptors (Lipinski definition) is 6. The molecular weight excluding hydrogens is 270 g/mol. The summed E-state index contributed by atoms with van der Waals surface area (Å²) < 4.78 is 0. The first-order valence-corrected chi connectivity index (χ1v) is 6.07. The van der Waals surface area contributed by atoms with Crippen LogP contribution in [-0.2, 0) is 0 Å². The fourth-order valence-electron chi connectivity index (χ4n) is 1.76. The van der Waals surface area contributed by atoms with E-state index in [9.17, 15) is 0 Å². The smallest absolute Gasteiger partial charge is 0.205 e. The van der Waals surface area contributed by atoms with Crippen LogP contribution < -0.4 is 5.73 Å². The van der Waals surface area contributed by atoms with Crippen LogP contribution in [0.2, 0.25) is 0 Å². The Morgan fingerprint density at radius 2 is 2.00 bits per heavy atom. The Labute approximate surface area is 119 Å². The van der Waals surface area contributed by atoms with Crippen LogP contribution in [0, 0.1) is 0 Å². The lowest BCUT2D eigenvalue weighted by molar-refractivity contribution is 0.318. The van der Waals surface area contributed by atoms with Crippen molar-refractivity contribution in [2.45, 2.75) is 0 Å². The number of rotatable bonds is 3. The molecule has 0 unspecified atom stereocenters. The van der Waals surface area contributed by atoms with Crippen molar-refractivity contribution in [2.75, 3.05) is 0 Å². The number of hydrogen-bond donors (Lipinski definition) is 2. The first-order chi connectivity index (χ1) is 10.3. The first kappa shape index (κ1) is 12.7. The van der Waals surface area contributed by atoms with Crippen molar-refractivity contribution in [1.82, 2.24) is 25.2 Å². The van der Waals surface area contributed by atoms with Crippen LogP contribution in [0.3, 0.4) is 0 Å². The topological polar surface area (TPSA) is 115 Å². The highest BCUT2D eigenvalue weighted by Crippen LogP contribution is 2.13. The number of benzene rings is 1. The third-order valence-electron chi connectivity index (χ3n) is 2.80. The monoisotopic (exact) mass is 281 g/mol. The van der Waals surface area contributed by atoms with E-state index >= 15 is 0 Å². The maximum atomic E-state index is 8.69. The Kier molecular flexibility index (Phi) is 3.26. The van der Waals surface area contributed by atoms with Crippen molar-refractivity contribution >= 4 is 5.84 Å². The molecule has 0 bridgehead atoms. The van der Waals surface area contributed by atoms with E-state index < -0.39 is 0 Å². The second kappa shape index (κ2) is 5.37. The Hall–Kier alpha value is -3.29. The molecule has 0 aliphatic rings. The van der Waals surface area contributed by atoms with Crippen LogP contribution in [0.25, 0.3) is 17.2 Å². The maximum absolute atomic E-state index is 8.69. The Morgan fingerprint density at radius 1 is 1.19 bits per heavy atom. The number of pyridine rings is 1. The molecule has 3 rings (SSSR count). The van der Waals surface area contributed by atoms with E-state index in [2.05, 4.69) is 25.6 Å². The SMILES string of the molecule is N/C(=N\O)c1ccnc(-n2nnc(-c3ccccc3)n2)c1. The lowest BCUT2D eigenvalue weighted by Crippen LogP contribution is -2.14. The molecule has 0 spiro atoms. The van der Waals surface area contributed by atoms with Crippen molar-refractivity contribution in [2.24, 2.45) is 10.9 Å². The second-order valence-corrected chi connectivity index (χ2v) is 4.16. The number of oxime groups is 1. The molecule has 0 aliphatic carbocycles. The van der Waals surface area contributed by atoms with Gasteiger partial charge in [-0.2, -0.15) is 0 Å². The zero-order valence-corrected chi connectivity index (χ0v) is 10.8. The molecular formula is C13H11N7O. The molecule has 8 heteroatoms. The van der Waals surface area contributed by atoms with Gasteiger partial charge >= 0.3 is 0 Å². The van der Waals surface area contributed by atoms with Crippen LogP contribution in [0.5, 0.6) is 0 Å². The van der Waals surface area contributed by atoms with Crippen molar-refractivity contribution in [3.63, 3.8) is 0 Å². The molecule has 3 aromatic rings. The summed E-state index contributed by atoms with van der Waals surface area (Å²) in [7, 11) is 0. The average Bonchev–Trinajstić information content (AvgIpc) is 3.05. The van der Waals surface area contributed by atoms with Gasteiger partial charge < -0.3 is 10.9 Å². The van der Waals surface area contributed by atoms with Crippen molar-refractivity contribution in [3.05, 3.63) is 54.2 Å². The standard InChI is InChI=1S/C13H11N7O/c14-12(18-21)10-6-7-15-11(8-10)20-17-13(16-19-20)9-4-2-1-3-5-9/h1-8,21H,(H2,14,18). The molecule has 104 valence electrons. The highest BCUT2D eigenvalue weighted by Gasteiger charge is 2.09. The summed E-state index contributed by atoms with van der Waals surface area (Å²) in [5, 5.41) is 23.9. The van der Waals surface area contributed by atoms with Gasteiger partial charge in [0.05, 0.1) is 0 Å². The highest BCUT2D eigenvalue weighted by molar-refractivity contribution is 5.97. The van der Waals surface area contributed by atoms with E-state index in [0.29, 0.717) is 17.2 Å². The summed E-state index contributed by atoms with van der Waals surface area (Å²) in [5.41, 5.74) is 6.92. The summed E-state index contributed by atoms with van der Waals surface area (Å²) in [4.78, 5) is 5.43. The minimum atomic E-state index is -0.0120. The summed E-state index contributed by atoms with van der Waals surface area (Å²) in [6.07, 6.45) is 1.52. The van der Waals surface area contributed by atoms with Gasteiger partial charge in [0.2, 0.25) is 5.82 Å². The maximum Gasteiger partial charge on any atom is 0.205 e. The largest absolute Gasteiger partial charge is 0.409 e. The zero-order valence-electron chi connectivity index (χ0n) is 10.8. The van der Waals surface area contributed by atoms with Gasteiger partial charge in [0, 0.05) is 17.3 Å². The molecule has 3 N–H and O–H groups in total. The molecule has 2 aromatic heterocycles. The molecule has 1 aromatic carbocycles. The molecule has 2 heterocycles. The van der Waals surface area contributed by atoms with Gasteiger partial charge in [-0.3, -0.25) is 0 Å². The van der Waals surface area contributed by atoms with Gasteiger partial charge in [-0.1, -0.05) is 35.5 Å². The van der Waals surface area contributed by atoms with Crippen molar-refractivity contribution in [1.29, 1.82) is 0 Å². The zero-order chi connectivity index (χ0) is 14.7. The van der Waals surface area contributed by atoms with E-state index in [1.165, 1.54) is 11.0 Å². The van der Waals surface area contributed by atoms with E-state index in [4.69, 9.17) is 10.9 Å². The van der Waals surface area contributed by atoms with Crippen LogP contribution in [0.15, 0.2) is 53.8 Å². The van der Waals surface area contributed by atoms with Crippen LogP contribution >= 0.6 is 0 Å². The van der Waals surface area contributed by atoms with Gasteiger partial charge in [-0.15, -0.1) is 15.0 Å². The van der Waals surface area contributed by atoms with Crippen LogP contribution in [-0.4, -0.2) is 36.2 Å². The van der Waals surface area contributed by atoms with Gasteiger partial charge in [-0.25, -0.2) is 4.98 Å². The van der Waals surface area contributed by atoms with Gasteiger partial charge in [0.1, 0.15) is 0 Å². The Bertz CT molecular complexity index is 782. The summed E-state index contributed by atoms with van der Waals surface area (Å²) in [6, 6.07) is 12.7. The summed E-state index contributed by atoms with van der Waals surface area (Å²) >= 11 is 0. The fourth-order valence-corrected chi connectivity index (χ4v) is 1.76. The minimum absolute atomic E-state index is 0.0120. The molecule has 0 amide bonds. The third kappa shape index (κ3) is 2.54. The van der Waals surface area contributed by atoms with E-state index in [1.54, 1.807) is 12.1 Å².